The summed E-state index contributed by atoms with van der Waals surface area (Å²) in [5.41, 5.74) is 10.1. The van der Waals surface area contributed by atoms with E-state index < -0.39 is 0 Å². The van der Waals surface area contributed by atoms with E-state index in [1.165, 1.54) is 5.56 Å². The van der Waals surface area contributed by atoms with Crippen molar-refractivity contribution in [2.45, 2.75) is 19.9 Å². The lowest BCUT2D eigenvalue weighted by Gasteiger charge is -2.19. The minimum atomic E-state index is 0.208. The van der Waals surface area contributed by atoms with Gasteiger partial charge in [0.05, 0.1) is 12.4 Å². The highest BCUT2D eigenvalue weighted by molar-refractivity contribution is 5.82. The molecule has 13 heavy (non-hydrogen) atoms. The highest BCUT2D eigenvalue weighted by Crippen LogP contribution is 2.31. The molecule has 0 fully saturated rings. The van der Waals surface area contributed by atoms with Crippen molar-refractivity contribution in [1.82, 2.24) is 0 Å². The molecule has 1 heterocycles. The van der Waals surface area contributed by atoms with Crippen LogP contribution in [0.1, 0.15) is 24.1 Å². The molecular formula is C10H13N3. The van der Waals surface area contributed by atoms with E-state index in [-0.39, 0.29) is 6.04 Å². The molecule has 0 bridgehead atoms. The molecule has 0 spiro atoms. The number of hydrogen-bond donors (Lipinski definition) is 2. The highest BCUT2D eigenvalue weighted by Gasteiger charge is 2.13. The summed E-state index contributed by atoms with van der Waals surface area (Å²) in [4.78, 5) is 4.25. The zero-order valence-corrected chi connectivity index (χ0v) is 7.83. The fourth-order valence-corrected chi connectivity index (χ4v) is 1.51. The number of nitrogens with zero attached hydrogens (tertiary/aromatic N) is 1. The number of aryl methyl sites for hydroxylation is 1. The van der Waals surface area contributed by atoms with Crippen molar-refractivity contribution in [2.75, 3.05) is 11.1 Å². The molecule has 1 aromatic carbocycles. The van der Waals surface area contributed by atoms with Gasteiger partial charge in [0.15, 0.2) is 0 Å². The second-order valence-electron chi connectivity index (χ2n) is 3.39. The molecule has 0 saturated carbocycles. The third-order valence-corrected chi connectivity index (χ3v) is 2.41. The first-order valence-corrected chi connectivity index (χ1v) is 4.36. The zero-order chi connectivity index (χ0) is 9.42. The summed E-state index contributed by atoms with van der Waals surface area (Å²) in [5, 5.41) is 3.11. The zero-order valence-electron chi connectivity index (χ0n) is 7.83. The maximum atomic E-state index is 5.83. The van der Waals surface area contributed by atoms with Crippen LogP contribution >= 0.6 is 0 Å². The van der Waals surface area contributed by atoms with Crippen LogP contribution < -0.4 is 11.1 Å². The van der Waals surface area contributed by atoms with E-state index >= 15 is 0 Å². The Kier molecular flexibility index (Phi) is 1.72. The molecule has 3 N–H and O–H groups in total. The van der Waals surface area contributed by atoms with Gasteiger partial charge in [-0.25, -0.2) is 0 Å². The highest BCUT2D eigenvalue weighted by atomic mass is 15.0. The first-order chi connectivity index (χ1) is 6.18. The van der Waals surface area contributed by atoms with Crippen molar-refractivity contribution in [3.63, 3.8) is 0 Å². The molecule has 0 radical (unpaired) electrons. The van der Waals surface area contributed by atoms with Crippen molar-refractivity contribution in [3.05, 3.63) is 23.3 Å². The van der Waals surface area contributed by atoms with E-state index in [2.05, 4.69) is 23.3 Å². The SMILES string of the molecule is Cc1cc2c(cc1N)[C@@H](C)N=CN2. The van der Waals surface area contributed by atoms with Gasteiger partial charge in [0.1, 0.15) is 0 Å². The Morgan fingerprint density at radius 3 is 3.00 bits per heavy atom. The van der Waals surface area contributed by atoms with Crippen LogP contribution in [0.3, 0.4) is 0 Å². The van der Waals surface area contributed by atoms with Gasteiger partial charge in [-0.3, -0.25) is 4.99 Å². The van der Waals surface area contributed by atoms with Gasteiger partial charge in [0.25, 0.3) is 0 Å². The second-order valence-corrected chi connectivity index (χ2v) is 3.39. The molecular weight excluding hydrogens is 162 g/mol. The molecule has 68 valence electrons. The van der Waals surface area contributed by atoms with E-state index in [4.69, 9.17) is 5.73 Å². The van der Waals surface area contributed by atoms with Crippen LogP contribution in [0.5, 0.6) is 0 Å². The Morgan fingerprint density at radius 2 is 2.23 bits per heavy atom. The van der Waals surface area contributed by atoms with Crippen LogP contribution in [0.25, 0.3) is 0 Å². The first kappa shape index (κ1) is 8.10. The third kappa shape index (κ3) is 1.26. The normalized spacial score (nSPS) is 19.4. The maximum absolute atomic E-state index is 5.83. The Hall–Kier alpha value is -1.51. The number of nitrogens with two attached hydrogens (primary N) is 1. The Morgan fingerprint density at radius 1 is 1.46 bits per heavy atom. The summed E-state index contributed by atoms with van der Waals surface area (Å²) in [7, 11) is 0. The van der Waals surface area contributed by atoms with E-state index in [1.807, 2.05) is 13.0 Å². The Labute approximate surface area is 77.7 Å². The quantitative estimate of drug-likeness (QED) is 0.593. The lowest BCUT2D eigenvalue weighted by atomic mass is 10.0. The predicted molar refractivity (Wildman–Crippen MR) is 56.1 cm³/mol. The summed E-state index contributed by atoms with van der Waals surface area (Å²) in [5.74, 6) is 0. The molecule has 1 aromatic rings. The number of hydrogen-bond acceptors (Lipinski definition) is 3. The third-order valence-electron chi connectivity index (χ3n) is 2.41. The Bertz CT molecular complexity index is 369. The second kappa shape index (κ2) is 2.76. The molecule has 3 nitrogen and oxygen atoms in total. The van der Waals surface area contributed by atoms with E-state index in [0.717, 1.165) is 16.9 Å². The number of nitrogen functional groups attached to an aromatic ring is 1. The van der Waals surface area contributed by atoms with Crippen LogP contribution in [0.15, 0.2) is 17.1 Å². The molecule has 0 aromatic heterocycles. The molecule has 1 aliphatic rings. The average Bonchev–Trinajstić information content (AvgIpc) is 2.09. The fourth-order valence-electron chi connectivity index (χ4n) is 1.51. The van der Waals surface area contributed by atoms with Crippen LogP contribution in [0.4, 0.5) is 11.4 Å². The van der Waals surface area contributed by atoms with Crippen molar-refractivity contribution in [2.24, 2.45) is 4.99 Å². The lowest BCUT2D eigenvalue weighted by molar-refractivity contribution is 0.818. The molecule has 1 atom stereocenters. The van der Waals surface area contributed by atoms with Gasteiger partial charge in [-0.15, -0.1) is 0 Å². The maximum Gasteiger partial charge on any atom is 0.0875 e. The number of anilines is 2. The molecule has 0 saturated heterocycles. The number of aliphatic imine (C=N–C) groups is 1. The molecule has 2 rings (SSSR count). The van der Waals surface area contributed by atoms with Crippen molar-refractivity contribution >= 4 is 17.7 Å². The number of benzene rings is 1. The van der Waals surface area contributed by atoms with Crippen LogP contribution in [0, 0.1) is 6.92 Å². The van der Waals surface area contributed by atoms with Gasteiger partial charge in [0.2, 0.25) is 0 Å². The van der Waals surface area contributed by atoms with Crippen molar-refractivity contribution in [3.8, 4) is 0 Å². The van der Waals surface area contributed by atoms with Gasteiger partial charge in [-0.05, 0) is 31.5 Å². The number of fused-ring (bicyclic) bond motifs is 1. The van der Waals surface area contributed by atoms with Gasteiger partial charge in [-0.1, -0.05) is 0 Å². The van der Waals surface area contributed by atoms with Gasteiger partial charge < -0.3 is 11.1 Å². The van der Waals surface area contributed by atoms with Crippen LogP contribution in [-0.2, 0) is 0 Å². The molecule has 0 unspecified atom stereocenters. The van der Waals surface area contributed by atoms with Crippen molar-refractivity contribution < 1.29 is 0 Å². The first-order valence-electron chi connectivity index (χ1n) is 4.36. The summed E-state index contributed by atoms with van der Waals surface area (Å²) >= 11 is 0. The van der Waals surface area contributed by atoms with Gasteiger partial charge >= 0.3 is 0 Å². The summed E-state index contributed by atoms with van der Waals surface area (Å²) < 4.78 is 0. The minimum Gasteiger partial charge on any atom is -0.399 e. The average molecular weight is 175 g/mol. The molecule has 0 aliphatic carbocycles. The summed E-state index contributed by atoms with van der Waals surface area (Å²) in [6, 6.07) is 4.27. The van der Waals surface area contributed by atoms with E-state index in [0.29, 0.717) is 0 Å². The smallest absolute Gasteiger partial charge is 0.0875 e. The largest absolute Gasteiger partial charge is 0.399 e. The lowest BCUT2D eigenvalue weighted by Crippen LogP contribution is -2.09. The predicted octanol–water partition coefficient (Wildman–Crippen LogP) is 2.09. The summed E-state index contributed by atoms with van der Waals surface area (Å²) in [6.07, 6.45) is 1.74. The van der Waals surface area contributed by atoms with E-state index in [9.17, 15) is 0 Å². The molecule has 0 amide bonds. The van der Waals surface area contributed by atoms with Crippen LogP contribution in [-0.4, -0.2) is 6.34 Å². The topological polar surface area (TPSA) is 50.4 Å². The monoisotopic (exact) mass is 175 g/mol. The minimum absolute atomic E-state index is 0.208. The van der Waals surface area contributed by atoms with Gasteiger partial charge in [-0.2, -0.15) is 0 Å². The fraction of sp³-hybridized carbons (Fsp3) is 0.300. The van der Waals surface area contributed by atoms with Gasteiger partial charge in [0, 0.05) is 16.9 Å². The standard InChI is InChI=1S/C10H13N3/c1-6-3-10-8(4-9(6)11)7(2)12-5-13-10/h3-5,7H,11H2,1-2H3,(H,12,13)/t7-/m1/s1. The van der Waals surface area contributed by atoms with Crippen molar-refractivity contribution in [1.29, 1.82) is 0 Å². The molecule has 1 aliphatic heterocycles. The van der Waals surface area contributed by atoms with E-state index in [1.54, 1.807) is 6.34 Å². The number of nitrogens with one attached hydrogen (secondary N) is 1. The molecule has 3 heteroatoms. The van der Waals surface area contributed by atoms with Crippen LogP contribution in [0.2, 0.25) is 0 Å². The number of rotatable bonds is 0. The Balaban J connectivity index is 2.56. The summed E-state index contributed by atoms with van der Waals surface area (Å²) in [6.45, 7) is 4.07.